The van der Waals surface area contributed by atoms with Gasteiger partial charge in [0.15, 0.2) is 0 Å². The molecule has 18 heavy (non-hydrogen) atoms. The molecule has 1 N–H and O–H groups in total. The Morgan fingerprint density at radius 1 is 1.17 bits per heavy atom. The van der Waals surface area contributed by atoms with Crippen LogP contribution in [-0.4, -0.2) is 0 Å². The fraction of sp³-hybridized carbons (Fsp3) is 0.286. The Bertz CT molecular complexity index is 544. The third-order valence-electron chi connectivity index (χ3n) is 3.26. The predicted molar refractivity (Wildman–Crippen MR) is 64.4 cm³/mol. The minimum atomic E-state index is -0.569. The number of rotatable bonds is 2. The minimum absolute atomic E-state index is 0.0636. The third kappa shape index (κ3) is 2.10. The van der Waals surface area contributed by atoms with Gasteiger partial charge < -0.3 is 9.73 Å². The zero-order valence-corrected chi connectivity index (χ0v) is 9.75. The number of halogens is 2. The van der Waals surface area contributed by atoms with E-state index in [0.717, 1.165) is 36.7 Å². The molecule has 1 heterocycles. The minimum Gasteiger partial charge on any atom is -0.469 e. The van der Waals surface area contributed by atoms with E-state index in [1.54, 1.807) is 6.26 Å². The second-order valence-corrected chi connectivity index (χ2v) is 4.55. The average Bonchev–Trinajstić information content (AvgIpc) is 2.76. The number of furan rings is 1. The van der Waals surface area contributed by atoms with E-state index in [0.29, 0.717) is 5.69 Å². The highest BCUT2D eigenvalue weighted by Gasteiger charge is 2.22. The van der Waals surface area contributed by atoms with Gasteiger partial charge in [-0.3, -0.25) is 0 Å². The van der Waals surface area contributed by atoms with Crippen molar-refractivity contribution in [3.63, 3.8) is 0 Å². The van der Waals surface area contributed by atoms with E-state index in [9.17, 15) is 8.78 Å². The van der Waals surface area contributed by atoms with Crippen LogP contribution in [0.3, 0.4) is 0 Å². The van der Waals surface area contributed by atoms with Gasteiger partial charge in [0, 0.05) is 23.7 Å². The first kappa shape index (κ1) is 11.3. The summed E-state index contributed by atoms with van der Waals surface area (Å²) in [6.07, 6.45) is 4.54. The number of benzene rings is 1. The molecule has 1 aromatic carbocycles. The molecule has 1 aliphatic carbocycles. The molecule has 0 bridgehead atoms. The van der Waals surface area contributed by atoms with Gasteiger partial charge in [-0.2, -0.15) is 0 Å². The van der Waals surface area contributed by atoms with E-state index in [-0.39, 0.29) is 6.04 Å². The highest BCUT2D eigenvalue weighted by atomic mass is 19.1. The van der Waals surface area contributed by atoms with Crippen molar-refractivity contribution < 1.29 is 13.2 Å². The molecule has 0 aliphatic heterocycles. The molecule has 3 rings (SSSR count). The Morgan fingerprint density at radius 3 is 2.72 bits per heavy atom. The highest BCUT2D eigenvalue weighted by Crippen LogP contribution is 2.33. The molecule has 1 aliphatic rings. The van der Waals surface area contributed by atoms with Gasteiger partial charge in [0.25, 0.3) is 0 Å². The first-order valence-corrected chi connectivity index (χ1v) is 6.01. The van der Waals surface area contributed by atoms with E-state index >= 15 is 0 Å². The summed E-state index contributed by atoms with van der Waals surface area (Å²) in [6, 6.07) is 5.46. The summed E-state index contributed by atoms with van der Waals surface area (Å²) in [7, 11) is 0. The van der Waals surface area contributed by atoms with Gasteiger partial charge in [-0.1, -0.05) is 0 Å². The number of anilines is 1. The van der Waals surface area contributed by atoms with Gasteiger partial charge in [-0.15, -0.1) is 0 Å². The van der Waals surface area contributed by atoms with Crippen LogP contribution in [-0.2, 0) is 6.42 Å². The van der Waals surface area contributed by atoms with E-state index in [1.165, 1.54) is 12.1 Å². The lowest BCUT2D eigenvalue weighted by molar-refractivity contribution is 0.461. The van der Waals surface area contributed by atoms with E-state index in [2.05, 4.69) is 5.32 Å². The Morgan fingerprint density at radius 2 is 1.94 bits per heavy atom. The van der Waals surface area contributed by atoms with E-state index in [4.69, 9.17) is 4.42 Å². The first-order chi connectivity index (χ1) is 8.72. The van der Waals surface area contributed by atoms with Crippen LogP contribution in [0.5, 0.6) is 0 Å². The summed E-state index contributed by atoms with van der Waals surface area (Å²) in [5.41, 5.74) is 1.55. The maximum absolute atomic E-state index is 13.1. The topological polar surface area (TPSA) is 25.2 Å². The van der Waals surface area contributed by atoms with Crippen LogP contribution in [0.25, 0.3) is 0 Å². The summed E-state index contributed by atoms with van der Waals surface area (Å²) in [6.45, 7) is 0. The fourth-order valence-electron chi connectivity index (χ4n) is 2.47. The molecule has 0 radical (unpaired) electrons. The number of hydrogen-bond donors (Lipinski definition) is 1. The lowest BCUT2D eigenvalue weighted by Crippen LogP contribution is -2.16. The van der Waals surface area contributed by atoms with Crippen molar-refractivity contribution in [3.8, 4) is 0 Å². The van der Waals surface area contributed by atoms with Gasteiger partial charge in [-0.25, -0.2) is 8.78 Å². The summed E-state index contributed by atoms with van der Waals surface area (Å²) < 4.78 is 31.6. The van der Waals surface area contributed by atoms with Crippen molar-refractivity contribution in [2.45, 2.75) is 25.3 Å². The van der Waals surface area contributed by atoms with Crippen LogP contribution in [0.4, 0.5) is 14.5 Å². The molecule has 2 aromatic rings. The van der Waals surface area contributed by atoms with Crippen LogP contribution in [0.15, 0.2) is 34.9 Å². The first-order valence-electron chi connectivity index (χ1n) is 6.01. The number of nitrogens with one attached hydrogen (secondary N) is 1. The Kier molecular flexibility index (Phi) is 2.78. The molecule has 0 amide bonds. The van der Waals surface area contributed by atoms with Crippen LogP contribution in [0.1, 0.15) is 30.2 Å². The van der Waals surface area contributed by atoms with Crippen molar-refractivity contribution in [1.82, 2.24) is 0 Å². The fourth-order valence-corrected chi connectivity index (χ4v) is 2.47. The van der Waals surface area contributed by atoms with Crippen molar-refractivity contribution in [3.05, 3.63) is 53.5 Å². The molecular formula is C14H13F2NO. The normalized spacial score (nSPS) is 18.4. The monoisotopic (exact) mass is 249 g/mol. The van der Waals surface area contributed by atoms with Crippen LogP contribution in [0.2, 0.25) is 0 Å². The summed E-state index contributed by atoms with van der Waals surface area (Å²) >= 11 is 0. The molecular weight excluding hydrogens is 236 g/mol. The highest BCUT2D eigenvalue weighted by molar-refractivity contribution is 5.47. The van der Waals surface area contributed by atoms with Gasteiger partial charge in [-0.05, 0) is 31.0 Å². The number of aryl methyl sites for hydroxylation is 1. The van der Waals surface area contributed by atoms with Gasteiger partial charge >= 0.3 is 0 Å². The second-order valence-electron chi connectivity index (χ2n) is 4.55. The smallest absolute Gasteiger partial charge is 0.128 e. The molecule has 0 saturated heterocycles. The van der Waals surface area contributed by atoms with Crippen molar-refractivity contribution in [1.29, 1.82) is 0 Å². The molecule has 1 unspecified atom stereocenters. The predicted octanol–water partition coefficient (Wildman–Crippen LogP) is 4.05. The Labute approximate surface area is 104 Å². The summed E-state index contributed by atoms with van der Waals surface area (Å²) in [4.78, 5) is 0. The van der Waals surface area contributed by atoms with Gasteiger partial charge in [0.1, 0.15) is 17.4 Å². The van der Waals surface area contributed by atoms with E-state index < -0.39 is 11.6 Å². The SMILES string of the molecule is Fc1cc(F)cc(NC2CCCc3occc32)c1. The molecule has 94 valence electrons. The molecule has 1 atom stereocenters. The third-order valence-corrected chi connectivity index (χ3v) is 3.26. The molecule has 4 heteroatoms. The molecule has 0 fully saturated rings. The van der Waals surface area contributed by atoms with Crippen LogP contribution < -0.4 is 5.32 Å². The van der Waals surface area contributed by atoms with Crippen molar-refractivity contribution in [2.24, 2.45) is 0 Å². The lowest BCUT2D eigenvalue weighted by atomic mass is 9.93. The second kappa shape index (κ2) is 4.44. The van der Waals surface area contributed by atoms with Crippen molar-refractivity contribution >= 4 is 5.69 Å². The zero-order chi connectivity index (χ0) is 12.5. The maximum atomic E-state index is 13.1. The average molecular weight is 249 g/mol. The van der Waals surface area contributed by atoms with Crippen LogP contribution in [0, 0.1) is 11.6 Å². The standard InChI is InChI=1S/C14H13F2NO/c15-9-6-10(16)8-11(7-9)17-13-2-1-3-14-12(13)4-5-18-14/h4-8,13,17H,1-3H2. The molecule has 0 saturated carbocycles. The molecule has 0 spiro atoms. The van der Waals surface area contributed by atoms with Crippen LogP contribution >= 0.6 is 0 Å². The molecule has 1 aromatic heterocycles. The zero-order valence-electron chi connectivity index (χ0n) is 9.75. The Hall–Kier alpha value is -1.84. The Balaban J connectivity index is 1.86. The van der Waals surface area contributed by atoms with Crippen molar-refractivity contribution in [2.75, 3.05) is 5.32 Å². The van der Waals surface area contributed by atoms with Gasteiger partial charge in [0.2, 0.25) is 0 Å². The summed E-state index contributed by atoms with van der Waals surface area (Å²) in [5.74, 6) is -0.169. The lowest BCUT2D eigenvalue weighted by Gasteiger charge is -2.23. The maximum Gasteiger partial charge on any atom is 0.128 e. The number of fused-ring (bicyclic) bond motifs is 1. The number of hydrogen-bond acceptors (Lipinski definition) is 2. The molecule has 2 nitrogen and oxygen atoms in total. The summed E-state index contributed by atoms with van der Waals surface area (Å²) in [5, 5.41) is 3.16. The largest absolute Gasteiger partial charge is 0.469 e. The van der Waals surface area contributed by atoms with Gasteiger partial charge in [0.05, 0.1) is 12.3 Å². The van der Waals surface area contributed by atoms with E-state index in [1.807, 2.05) is 6.07 Å². The quantitative estimate of drug-likeness (QED) is 0.868.